The molecule has 86 valence electrons. The number of fused-ring (bicyclic) bond motifs is 3. The fourth-order valence-corrected chi connectivity index (χ4v) is 3.59. The molecule has 1 aliphatic carbocycles. The largest absolute Gasteiger partial charge is 0.489 e. The van der Waals surface area contributed by atoms with Gasteiger partial charge in [-0.1, -0.05) is 32.0 Å². The highest BCUT2D eigenvalue weighted by Crippen LogP contribution is 2.52. The van der Waals surface area contributed by atoms with Crippen LogP contribution < -0.4 is 4.74 Å². The number of benzene rings is 1. The Morgan fingerprint density at radius 1 is 1.31 bits per heavy atom. The first-order valence-electron chi connectivity index (χ1n) is 6.38. The number of hydrogen-bond donors (Lipinski definition) is 0. The van der Waals surface area contributed by atoms with E-state index in [2.05, 4.69) is 39.0 Å². The Kier molecular flexibility index (Phi) is 2.07. The molecule has 2 aliphatic rings. The predicted octanol–water partition coefficient (Wildman–Crippen LogP) is 3.83. The quantitative estimate of drug-likeness (QED) is 0.640. The lowest BCUT2D eigenvalue weighted by Crippen LogP contribution is -2.40. The summed E-state index contributed by atoms with van der Waals surface area (Å²) in [5.41, 5.74) is 3.00. The SMILES string of the molecule is Cc1cccc2c1O[C@H]1CCC(C)CC21C. The first-order valence-corrected chi connectivity index (χ1v) is 6.38. The van der Waals surface area contributed by atoms with E-state index in [4.69, 9.17) is 4.74 Å². The van der Waals surface area contributed by atoms with Crippen molar-refractivity contribution in [2.75, 3.05) is 0 Å². The lowest BCUT2D eigenvalue weighted by atomic mass is 9.67. The summed E-state index contributed by atoms with van der Waals surface area (Å²) in [6.45, 7) is 6.91. The second-order valence-electron chi connectivity index (χ2n) is 5.86. The summed E-state index contributed by atoms with van der Waals surface area (Å²) >= 11 is 0. The first kappa shape index (κ1) is 10.2. The van der Waals surface area contributed by atoms with Gasteiger partial charge in [-0.05, 0) is 37.7 Å². The van der Waals surface area contributed by atoms with Gasteiger partial charge in [0.25, 0.3) is 0 Å². The molecule has 0 bridgehead atoms. The second-order valence-corrected chi connectivity index (χ2v) is 5.86. The third-order valence-corrected chi connectivity index (χ3v) is 4.49. The average Bonchev–Trinajstić information content (AvgIpc) is 2.52. The van der Waals surface area contributed by atoms with E-state index in [1.165, 1.54) is 36.1 Å². The molecule has 1 nitrogen and oxygen atoms in total. The Bertz CT molecular complexity index is 423. The van der Waals surface area contributed by atoms with E-state index in [1.54, 1.807) is 0 Å². The molecular formula is C15H20O. The zero-order valence-corrected chi connectivity index (χ0v) is 10.4. The van der Waals surface area contributed by atoms with Crippen LogP contribution in [0.4, 0.5) is 0 Å². The van der Waals surface area contributed by atoms with Crippen molar-refractivity contribution in [2.45, 2.75) is 51.6 Å². The van der Waals surface area contributed by atoms with Gasteiger partial charge in [0, 0.05) is 11.0 Å². The van der Waals surface area contributed by atoms with Gasteiger partial charge in [-0.3, -0.25) is 0 Å². The minimum Gasteiger partial charge on any atom is -0.489 e. The number of para-hydroxylation sites is 1. The zero-order valence-electron chi connectivity index (χ0n) is 10.4. The van der Waals surface area contributed by atoms with E-state index in [1.807, 2.05) is 0 Å². The standard InChI is InChI=1S/C15H20O/c1-10-7-8-13-15(3,9-10)12-6-4-5-11(2)14(12)16-13/h4-6,10,13H,7-9H2,1-3H3/t10?,13-,15?/m0/s1. The summed E-state index contributed by atoms with van der Waals surface area (Å²) in [4.78, 5) is 0. The Labute approximate surface area is 97.8 Å². The maximum absolute atomic E-state index is 6.19. The lowest BCUT2D eigenvalue weighted by Gasteiger charge is -2.38. The fourth-order valence-electron chi connectivity index (χ4n) is 3.59. The Balaban J connectivity index is 2.10. The summed E-state index contributed by atoms with van der Waals surface area (Å²) in [5.74, 6) is 2.00. The maximum atomic E-state index is 6.19. The summed E-state index contributed by atoms with van der Waals surface area (Å²) < 4.78 is 6.19. The number of aryl methyl sites for hydroxylation is 1. The van der Waals surface area contributed by atoms with Gasteiger partial charge >= 0.3 is 0 Å². The summed E-state index contributed by atoms with van der Waals surface area (Å²) in [6.07, 6.45) is 4.22. The van der Waals surface area contributed by atoms with Crippen LogP contribution in [0.5, 0.6) is 5.75 Å². The van der Waals surface area contributed by atoms with Crippen molar-refractivity contribution in [1.29, 1.82) is 0 Å². The van der Waals surface area contributed by atoms with E-state index < -0.39 is 0 Å². The molecule has 3 rings (SSSR count). The third kappa shape index (κ3) is 1.24. The van der Waals surface area contributed by atoms with Crippen molar-refractivity contribution in [2.24, 2.45) is 5.92 Å². The molecule has 1 fully saturated rings. The average molecular weight is 216 g/mol. The monoisotopic (exact) mass is 216 g/mol. The van der Waals surface area contributed by atoms with Crippen LogP contribution >= 0.6 is 0 Å². The van der Waals surface area contributed by atoms with E-state index in [9.17, 15) is 0 Å². The van der Waals surface area contributed by atoms with Gasteiger partial charge < -0.3 is 4.74 Å². The van der Waals surface area contributed by atoms with Crippen molar-refractivity contribution in [3.63, 3.8) is 0 Å². The normalized spacial score (nSPS) is 36.4. The Hall–Kier alpha value is -0.980. The van der Waals surface area contributed by atoms with E-state index in [-0.39, 0.29) is 5.41 Å². The molecule has 16 heavy (non-hydrogen) atoms. The summed E-state index contributed by atoms with van der Waals surface area (Å²) in [5, 5.41) is 0. The summed E-state index contributed by atoms with van der Waals surface area (Å²) in [6, 6.07) is 6.59. The molecule has 1 heteroatoms. The lowest BCUT2D eigenvalue weighted by molar-refractivity contribution is 0.0878. The van der Waals surface area contributed by atoms with E-state index >= 15 is 0 Å². The predicted molar refractivity (Wildman–Crippen MR) is 66.0 cm³/mol. The smallest absolute Gasteiger partial charge is 0.126 e. The van der Waals surface area contributed by atoms with Gasteiger partial charge in [-0.15, -0.1) is 0 Å². The molecule has 0 aromatic heterocycles. The molecule has 3 atom stereocenters. The number of ether oxygens (including phenoxy) is 1. The topological polar surface area (TPSA) is 9.23 Å². The summed E-state index contributed by atoms with van der Waals surface area (Å²) in [7, 11) is 0. The van der Waals surface area contributed by atoms with Crippen molar-refractivity contribution in [3.05, 3.63) is 29.3 Å². The van der Waals surface area contributed by atoms with Gasteiger partial charge in [-0.2, -0.15) is 0 Å². The maximum Gasteiger partial charge on any atom is 0.126 e. The van der Waals surface area contributed by atoms with Crippen LogP contribution in [0.25, 0.3) is 0 Å². The first-order chi connectivity index (χ1) is 7.61. The van der Waals surface area contributed by atoms with Crippen LogP contribution in [0.15, 0.2) is 18.2 Å². The van der Waals surface area contributed by atoms with Crippen LogP contribution in [-0.4, -0.2) is 6.10 Å². The van der Waals surface area contributed by atoms with Crippen LogP contribution in [0.2, 0.25) is 0 Å². The van der Waals surface area contributed by atoms with Gasteiger partial charge in [0.15, 0.2) is 0 Å². The zero-order chi connectivity index (χ0) is 11.3. The van der Waals surface area contributed by atoms with Crippen molar-refractivity contribution in [3.8, 4) is 5.75 Å². The van der Waals surface area contributed by atoms with Gasteiger partial charge in [0.05, 0.1) is 0 Å². The molecule has 0 amide bonds. The number of rotatable bonds is 0. The highest BCUT2D eigenvalue weighted by Gasteiger charge is 2.48. The minimum absolute atomic E-state index is 0.263. The molecule has 0 N–H and O–H groups in total. The molecule has 1 aromatic rings. The Morgan fingerprint density at radius 2 is 2.12 bits per heavy atom. The fraction of sp³-hybridized carbons (Fsp3) is 0.600. The van der Waals surface area contributed by atoms with Crippen LogP contribution in [0, 0.1) is 12.8 Å². The van der Waals surface area contributed by atoms with Crippen molar-refractivity contribution in [1.82, 2.24) is 0 Å². The molecule has 0 spiro atoms. The van der Waals surface area contributed by atoms with Gasteiger partial charge in [0.1, 0.15) is 11.9 Å². The molecular weight excluding hydrogens is 196 g/mol. The highest BCUT2D eigenvalue weighted by atomic mass is 16.5. The van der Waals surface area contributed by atoms with Crippen molar-refractivity contribution >= 4 is 0 Å². The van der Waals surface area contributed by atoms with Crippen LogP contribution in [0.3, 0.4) is 0 Å². The molecule has 0 saturated heterocycles. The molecule has 2 unspecified atom stereocenters. The molecule has 1 aliphatic heterocycles. The van der Waals surface area contributed by atoms with Crippen LogP contribution in [0.1, 0.15) is 44.2 Å². The van der Waals surface area contributed by atoms with E-state index in [0.29, 0.717) is 6.10 Å². The molecule has 1 heterocycles. The minimum atomic E-state index is 0.263. The Morgan fingerprint density at radius 3 is 2.94 bits per heavy atom. The molecule has 0 radical (unpaired) electrons. The second kappa shape index (κ2) is 3.26. The highest BCUT2D eigenvalue weighted by molar-refractivity contribution is 5.49. The third-order valence-electron chi connectivity index (χ3n) is 4.49. The molecule has 1 saturated carbocycles. The molecule has 1 aromatic carbocycles. The van der Waals surface area contributed by atoms with Crippen LogP contribution in [-0.2, 0) is 5.41 Å². The van der Waals surface area contributed by atoms with Gasteiger partial charge in [0.2, 0.25) is 0 Å². The van der Waals surface area contributed by atoms with E-state index in [0.717, 1.165) is 5.92 Å². The number of hydrogen-bond acceptors (Lipinski definition) is 1. The van der Waals surface area contributed by atoms with Gasteiger partial charge in [-0.25, -0.2) is 0 Å². The van der Waals surface area contributed by atoms with Crippen molar-refractivity contribution < 1.29 is 4.74 Å².